The largest absolute Gasteiger partial charge is 0.500 e. The van der Waals surface area contributed by atoms with Crippen molar-refractivity contribution in [3.63, 3.8) is 0 Å². The Balaban J connectivity index is 1.94. The molecule has 0 atom stereocenters. The normalized spacial score (nSPS) is 14.5. The first kappa shape index (κ1) is 18.1. The highest BCUT2D eigenvalue weighted by molar-refractivity contribution is 8.03. The van der Waals surface area contributed by atoms with Crippen LogP contribution in [0.4, 0.5) is 0 Å². The lowest BCUT2D eigenvalue weighted by atomic mass is 10.1. The summed E-state index contributed by atoms with van der Waals surface area (Å²) in [5.41, 5.74) is 0. The Kier molecular flexibility index (Phi) is 10.1. The topological polar surface area (TPSA) is 46.5 Å². The summed E-state index contributed by atoms with van der Waals surface area (Å²) in [5.74, 6) is 1.63. The van der Waals surface area contributed by atoms with Gasteiger partial charge in [0.25, 0.3) is 0 Å². The van der Waals surface area contributed by atoms with E-state index in [1.807, 2.05) is 11.8 Å². The smallest absolute Gasteiger partial charge is 0.303 e. The molecule has 1 aliphatic carbocycles. The average molecular weight is 312 g/mol. The maximum atomic E-state index is 10.4. The van der Waals surface area contributed by atoms with Crippen LogP contribution in [0.1, 0.15) is 64.2 Å². The molecule has 0 heterocycles. The number of thioether (sulfide) groups is 1. The first-order valence-corrected chi connectivity index (χ1v) is 9.01. The quantitative estimate of drug-likeness (QED) is 0.507. The number of hydrogen-bond acceptors (Lipinski definition) is 3. The van der Waals surface area contributed by atoms with E-state index in [0.29, 0.717) is 6.42 Å². The highest BCUT2D eigenvalue weighted by Gasteiger charge is 2.08. The van der Waals surface area contributed by atoms with Gasteiger partial charge in [0.1, 0.15) is 5.76 Å². The molecule has 120 valence electrons. The van der Waals surface area contributed by atoms with E-state index in [9.17, 15) is 4.79 Å². The fourth-order valence-electron chi connectivity index (χ4n) is 2.40. The van der Waals surface area contributed by atoms with Gasteiger partial charge in [-0.1, -0.05) is 38.2 Å². The van der Waals surface area contributed by atoms with Gasteiger partial charge in [0.15, 0.2) is 0 Å². The second-order valence-corrected chi connectivity index (χ2v) is 6.54. The van der Waals surface area contributed by atoms with Gasteiger partial charge in [0.2, 0.25) is 0 Å². The molecule has 0 amide bonds. The number of hydrogen-bond donors (Lipinski definition) is 1. The molecule has 0 aliphatic heterocycles. The van der Waals surface area contributed by atoms with E-state index >= 15 is 0 Å². The van der Waals surface area contributed by atoms with Gasteiger partial charge >= 0.3 is 5.97 Å². The summed E-state index contributed by atoms with van der Waals surface area (Å²) in [7, 11) is 1.76. The molecule has 1 aliphatic rings. The molecule has 1 N–H and O–H groups in total. The Hall–Kier alpha value is -0.900. The van der Waals surface area contributed by atoms with E-state index in [4.69, 9.17) is 9.84 Å². The van der Waals surface area contributed by atoms with Gasteiger partial charge in [0, 0.05) is 17.7 Å². The SMILES string of the molecule is COC1=C(SCCCCCCCCCC(=O)O)C=CCC1. The second-order valence-electron chi connectivity index (χ2n) is 5.40. The van der Waals surface area contributed by atoms with Crippen molar-refractivity contribution in [1.29, 1.82) is 0 Å². The minimum Gasteiger partial charge on any atom is -0.500 e. The van der Waals surface area contributed by atoms with Crippen LogP contribution in [-0.4, -0.2) is 23.9 Å². The summed E-state index contributed by atoms with van der Waals surface area (Å²) in [5, 5.41) is 8.54. The third kappa shape index (κ3) is 8.86. The van der Waals surface area contributed by atoms with E-state index in [1.165, 1.54) is 37.0 Å². The van der Waals surface area contributed by atoms with E-state index in [-0.39, 0.29) is 0 Å². The van der Waals surface area contributed by atoms with Gasteiger partial charge in [-0.05, 0) is 31.1 Å². The number of methoxy groups -OCH3 is 1. The number of aliphatic carboxylic acids is 1. The van der Waals surface area contributed by atoms with Crippen molar-refractivity contribution < 1.29 is 14.6 Å². The molecule has 0 spiro atoms. The molecule has 0 fully saturated rings. The lowest BCUT2D eigenvalue weighted by Gasteiger charge is -2.14. The van der Waals surface area contributed by atoms with Gasteiger partial charge in [-0.25, -0.2) is 0 Å². The zero-order chi connectivity index (χ0) is 15.3. The van der Waals surface area contributed by atoms with Gasteiger partial charge in [0.05, 0.1) is 7.11 Å². The number of carboxylic acid groups (broad SMARTS) is 1. The van der Waals surface area contributed by atoms with Crippen molar-refractivity contribution in [2.45, 2.75) is 64.2 Å². The summed E-state index contributed by atoms with van der Waals surface area (Å²) < 4.78 is 5.42. The van der Waals surface area contributed by atoms with E-state index in [2.05, 4.69) is 12.2 Å². The maximum Gasteiger partial charge on any atom is 0.303 e. The summed E-state index contributed by atoms with van der Waals surface area (Å²) in [6.07, 6.45) is 14.9. The first-order valence-electron chi connectivity index (χ1n) is 8.02. The predicted molar refractivity (Wildman–Crippen MR) is 89.4 cm³/mol. The molecule has 0 bridgehead atoms. The molecule has 0 saturated heterocycles. The third-order valence-electron chi connectivity index (χ3n) is 3.62. The zero-order valence-corrected chi connectivity index (χ0v) is 13.9. The summed E-state index contributed by atoms with van der Waals surface area (Å²) in [6.45, 7) is 0. The monoisotopic (exact) mass is 312 g/mol. The Bertz CT molecular complexity index is 361. The number of carboxylic acids is 1. The van der Waals surface area contributed by atoms with E-state index in [1.54, 1.807) is 7.11 Å². The Labute approximate surface area is 132 Å². The van der Waals surface area contributed by atoms with Crippen molar-refractivity contribution in [1.82, 2.24) is 0 Å². The number of rotatable bonds is 12. The van der Waals surface area contributed by atoms with Crippen molar-refractivity contribution in [3.8, 4) is 0 Å². The molecule has 0 radical (unpaired) electrons. The van der Waals surface area contributed by atoms with Crippen LogP contribution >= 0.6 is 11.8 Å². The third-order valence-corrected chi connectivity index (χ3v) is 4.79. The van der Waals surface area contributed by atoms with Crippen molar-refractivity contribution >= 4 is 17.7 Å². The van der Waals surface area contributed by atoms with Gasteiger partial charge in [-0.15, -0.1) is 11.8 Å². The highest BCUT2D eigenvalue weighted by Crippen LogP contribution is 2.29. The van der Waals surface area contributed by atoms with Crippen molar-refractivity contribution in [2.75, 3.05) is 12.9 Å². The molecular weight excluding hydrogens is 284 g/mol. The molecule has 3 nitrogen and oxygen atoms in total. The fourth-order valence-corrected chi connectivity index (χ4v) is 3.50. The van der Waals surface area contributed by atoms with Gasteiger partial charge in [-0.3, -0.25) is 4.79 Å². The van der Waals surface area contributed by atoms with Crippen LogP contribution in [0.3, 0.4) is 0 Å². The molecule has 0 aromatic carbocycles. The van der Waals surface area contributed by atoms with E-state index in [0.717, 1.165) is 37.2 Å². The average Bonchev–Trinajstić information content (AvgIpc) is 2.49. The molecule has 21 heavy (non-hydrogen) atoms. The minimum absolute atomic E-state index is 0.321. The molecule has 0 saturated carbocycles. The van der Waals surface area contributed by atoms with Crippen LogP contribution in [0.25, 0.3) is 0 Å². The molecular formula is C17H28O3S. The van der Waals surface area contributed by atoms with Crippen LogP contribution < -0.4 is 0 Å². The van der Waals surface area contributed by atoms with Crippen LogP contribution in [-0.2, 0) is 9.53 Å². The molecule has 0 unspecified atom stereocenters. The number of unbranched alkanes of at least 4 members (excludes halogenated alkanes) is 6. The molecule has 0 aromatic heterocycles. The van der Waals surface area contributed by atoms with Crippen molar-refractivity contribution in [2.24, 2.45) is 0 Å². The van der Waals surface area contributed by atoms with Crippen LogP contribution in [0, 0.1) is 0 Å². The Morgan fingerprint density at radius 3 is 2.52 bits per heavy atom. The summed E-state index contributed by atoms with van der Waals surface area (Å²) >= 11 is 1.91. The Morgan fingerprint density at radius 1 is 1.19 bits per heavy atom. The number of allylic oxidation sites excluding steroid dienone is 3. The molecule has 4 heteroatoms. The fraction of sp³-hybridized carbons (Fsp3) is 0.706. The minimum atomic E-state index is -0.673. The lowest BCUT2D eigenvalue weighted by Crippen LogP contribution is -1.95. The number of ether oxygens (including phenoxy) is 1. The Morgan fingerprint density at radius 2 is 1.86 bits per heavy atom. The molecule has 1 rings (SSSR count). The maximum absolute atomic E-state index is 10.4. The lowest BCUT2D eigenvalue weighted by molar-refractivity contribution is -0.137. The van der Waals surface area contributed by atoms with Crippen LogP contribution in [0.2, 0.25) is 0 Å². The standard InChI is InChI=1S/C17H28O3S/c1-20-15-11-8-9-12-16(15)21-14-10-6-4-2-3-5-7-13-17(18)19/h9,12H,2-8,10-11,13-14H2,1H3,(H,18,19). The summed E-state index contributed by atoms with van der Waals surface area (Å²) in [6, 6.07) is 0. The highest BCUT2D eigenvalue weighted by atomic mass is 32.2. The van der Waals surface area contributed by atoms with Gasteiger partial charge < -0.3 is 9.84 Å². The van der Waals surface area contributed by atoms with Crippen LogP contribution in [0.5, 0.6) is 0 Å². The van der Waals surface area contributed by atoms with Crippen LogP contribution in [0.15, 0.2) is 22.8 Å². The van der Waals surface area contributed by atoms with Crippen molar-refractivity contribution in [3.05, 3.63) is 22.8 Å². The first-order chi connectivity index (χ1) is 10.2. The molecule has 0 aromatic rings. The van der Waals surface area contributed by atoms with Gasteiger partial charge in [-0.2, -0.15) is 0 Å². The number of carbonyl (C=O) groups is 1. The van der Waals surface area contributed by atoms with E-state index < -0.39 is 5.97 Å². The zero-order valence-electron chi connectivity index (χ0n) is 13.1. The predicted octanol–water partition coefficient (Wildman–Crippen LogP) is 5.13. The summed E-state index contributed by atoms with van der Waals surface area (Å²) in [4.78, 5) is 11.7. The second kappa shape index (κ2) is 11.7.